The van der Waals surface area contributed by atoms with Crippen molar-refractivity contribution in [2.75, 3.05) is 6.54 Å². The Kier molecular flexibility index (Phi) is 24.0. The Morgan fingerprint density at radius 1 is 0.962 bits per heavy atom. The normalized spacial score (nSPS) is 34.1. The van der Waals surface area contributed by atoms with Gasteiger partial charge in [-0.1, -0.05) is 110 Å². The molecule has 17 atom stereocenters. The van der Waals surface area contributed by atoms with Crippen LogP contribution in [0.15, 0.2) is 72.4 Å². The van der Waals surface area contributed by atoms with Gasteiger partial charge in [0.25, 0.3) is 5.91 Å². The van der Waals surface area contributed by atoms with E-state index in [-0.39, 0.29) is 73.5 Å². The second kappa shape index (κ2) is 29.4. The van der Waals surface area contributed by atoms with E-state index in [2.05, 4.69) is 28.3 Å². The van der Waals surface area contributed by atoms with Crippen molar-refractivity contribution in [3.8, 4) is 0 Å². The molecule has 434 valence electrons. The maximum absolute atomic E-state index is 14.5. The first-order valence-electron chi connectivity index (χ1n) is 28.4. The summed E-state index contributed by atoms with van der Waals surface area (Å²) in [7, 11) is 0. The number of benzene rings is 1. The fourth-order valence-electron chi connectivity index (χ4n) is 11.3. The minimum absolute atomic E-state index is 0.0284. The molecule has 1 aromatic carbocycles. The van der Waals surface area contributed by atoms with Crippen molar-refractivity contribution in [3.63, 3.8) is 0 Å². The molecule has 0 saturated carbocycles. The highest BCUT2D eigenvalue weighted by molar-refractivity contribution is 5.93. The van der Waals surface area contributed by atoms with Gasteiger partial charge in [-0.2, -0.15) is 0 Å². The lowest BCUT2D eigenvalue weighted by atomic mass is 9.69. The van der Waals surface area contributed by atoms with Crippen molar-refractivity contribution in [1.82, 2.24) is 26.4 Å². The number of piperidine rings is 1. The number of aliphatic hydroxyl groups is 4. The van der Waals surface area contributed by atoms with Gasteiger partial charge in [0.05, 0.1) is 36.4 Å². The summed E-state index contributed by atoms with van der Waals surface area (Å²) in [6.45, 7) is 18.2. The molecule has 1 spiro atoms. The van der Waals surface area contributed by atoms with Gasteiger partial charge in [0.1, 0.15) is 41.6 Å². The van der Waals surface area contributed by atoms with E-state index in [1.807, 2.05) is 52.8 Å². The number of allylic oxidation sites excluding steroid dienone is 5. The van der Waals surface area contributed by atoms with Gasteiger partial charge in [-0.05, 0) is 93.9 Å². The molecule has 0 aromatic heterocycles. The number of nitrogens with one attached hydrogen (secondary N) is 4. The van der Waals surface area contributed by atoms with Crippen molar-refractivity contribution in [3.05, 3.63) is 83.8 Å². The van der Waals surface area contributed by atoms with Gasteiger partial charge in [-0.15, -0.1) is 0 Å². The van der Waals surface area contributed by atoms with E-state index in [1.54, 1.807) is 45.1 Å². The van der Waals surface area contributed by atoms with Crippen LogP contribution >= 0.6 is 0 Å². The highest BCUT2D eigenvalue weighted by Crippen LogP contribution is 2.46. The molecule has 78 heavy (non-hydrogen) atoms. The van der Waals surface area contributed by atoms with Crippen LogP contribution < -0.4 is 21.4 Å². The number of hydrogen-bond acceptors (Lipinski definition) is 13. The average molecular weight is 1090 g/mol. The molecular weight excluding hydrogens is 1000 g/mol. The van der Waals surface area contributed by atoms with Crippen LogP contribution in [0.2, 0.25) is 0 Å². The molecule has 4 amide bonds. The van der Waals surface area contributed by atoms with Crippen LogP contribution in [0.1, 0.15) is 139 Å². The summed E-state index contributed by atoms with van der Waals surface area (Å²) >= 11 is 0. The predicted molar refractivity (Wildman–Crippen MR) is 294 cm³/mol. The third-order valence-electron chi connectivity index (χ3n) is 16.9. The summed E-state index contributed by atoms with van der Waals surface area (Å²) in [6.07, 6.45) is 10.4. The SMILES string of the molecule is CC[C@H]1C[C@H](C)[C@@]2(NC1=O)O[C@@H](C[C@H](O)[C@@H](C)CCC=CC=C(C)[C@@H]1CC=CC=C[C@H](O)[C@H](C)[C@@H](O)[C@@H](CCC(C)=O)C(=O)N[C@@H](C(C)C)C(=O)N[C@@H](Cc3cccc(F)c3)C(=O)N3CCCC(N3)C(=O)O1)[C@H](C)[C@H](O)[C@@H]2C. The van der Waals surface area contributed by atoms with Crippen molar-refractivity contribution in [2.45, 2.75) is 200 Å². The number of esters is 1. The molecule has 4 heterocycles. The van der Waals surface area contributed by atoms with Gasteiger partial charge in [-0.25, -0.2) is 9.82 Å². The molecule has 4 aliphatic heterocycles. The zero-order valence-electron chi connectivity index (χ0n) is 47.5. The number of carbonyl (C=O) groups excluding carboxylic acids is 6. The molecule has 1 aromatic rings. The Bertz CT molecular complexity index is 2340. The second-order valence-corrected chi connectivity index (χ2v) is 23.1. The molecule has 17 nitrogen and oxygen atoms in total. The first-order valence-corrected chi connectivity index (χ1v) is 28.4. The Balaban J connectivity index is 1.35. The lowest BCUT2D eigenvalue weighted by molar-refractivity contribution is -0.267. The van der Waals surface area contributed by atoms with Gasteiger partial charge in [0.2, 0.25) is 17.7 Å². The summed E-state index contributed by atoms with van der Waals surface area (Å²) in [5.74, 6) is -7.01. The molecule has 0 aliphatic carbocycles. The maximum Gasteiger partial charge on any atom is 0.325 e. The number of hydrogen-bond donors (Lipinski definition) is 8. The second-order valence-electron chi connectivity index (χ2n) is 23.1. The summed E-state index contributed by atoms with van der Waals surface area (Å²) in [4.78, 5) is 82.1. The molecule has 2 bridgehead atoms. The third-order valence-corrected chi connectivity index (χ3v) is 16.9. The van der Waals surface area contributed by atoms with E-state index in [1.165, 1.54) is 36.2 Å². The number of halogens is 1. The lowest BCUT2D eigenvalue weighted by Crippen LogP contribution is -2.71. The average Bonchev–Trinajstić information content (AvgIpc) is 3.51. The largest absolute Gasteiger partial charge is 0.456 e. The summed E-state index contributed by atoms with van der Waals surface area (Å²) < 4.78 is 27.4. The minimum atomic E-state index is -1.45. The number of amides is 4. The number of carbonyl (C=O) groups is 6. The molecule has 3 fully saturated rings. The van der Waals surface area contributed by atoms with Crippen molar-refractivity contribution >= 4 is 35.4 Å². The number of rotatable bonds is 15. The van der Waals surface area contributed by atoms with Crippen LogP contribution in [0.3, 0.4) is 0 Å². The first kappa shape index (κ1) is 63.7. The van der Waals surface area contributed by atoms with E-state index in [0.717, 1.165) is 6.42 Å². The maximum atomic E-state index is 14.5. The molecule has 18 heteroatoms. The van der Waals surface area contributed by atoms with E-state index in [0.29, 0.717) is 49.7 Å². The van der Waals surface area contributed by atoms with Gasteiger partial charge >= 0.3 is 5.97 Å². The van der Waals surface area contributed by atoms with Crippen LogP contribution in [0.4, 0.5) is 4.39 Å². The number of hydrazine groups is 1. The fraction of sp³-hybridized carbons (Fsp3) is 0.667. The van der Waals surface area contributed by atoms with Crippen molar-refractivity contribution in [1.29, 1.82) is 0 Å². The Hall–Kier alpha value is -5.11. The number of ether oxygens (including phenoxy) is 2. The van der Waals surface area contributed by atoms with Gasteiger partial charge in [0, 0.05) is 61.8 Å². The summed E-state index contributed by atoms with van der Waals surface area (Å²) in [6, 6.07) is 2.15. The van der Waals surface area contributed by atoms with E-state index in [4.69, 9.17) is 9.47 Å². The standard InChI is InChI=1S/C60H90FN5O12/c1-11-43-30-37(6)60(64-55(43)72)41(10)53(70)40(9)51(78-60)33-49(69)35(4)20-14-12-15-21-36(5)50-26-17-13-16-25-48(68)39(8)54(71)45(28-27-38(7)67)56(73)63-52(34(2)3)57(74)62-47(32-42-22-18-23-44(61)31-42)58(75)66-29-19-24-46(65-66)59(76)77-50/h12-13,15-18,21-23,25,31,34-35,37,39-41,43,45-54,65,68-71H,11,14,19-20,24,26-30,32-33H2,1-10H3,(H,62,74)(H,63,73)(H,64,72)/t35-,37-,39-,40-,41-,43-,45+,46?,47-,48-,49-,50-,51-,52-,53-,54+,60+/m0/s1. The number of nitrogens with zero attached hydrogens (tertiary/aromatic N) is 1. The van der Waals surface area contributed by atoms with Gasteiger partial charge < -0.3 is 50.6 Å². The number of aliphatic hydroxyl groups excluding tert-OH is 4. The smallest absolute Gasteiger partial charge is 0.325 e. The number of Topliss-reactive ketones (excluding diaryl/α,β-unsaturated/α-hetero) is 1. The monoisotopic (exact) mass is 1090 g/mol. The van der Waals surface area contributed by atoms with E-state index in [9.17, 15) is 53.6 Å². The quantitative estimate of drug-likeness (QED) is 0.0760. The fourth-order valence-corrected chi connectivity index (χ4v) is 11.3. The Labute approximate surface area is 461 Å². The van der Waals surface area contributed by atoms with Crippen LogP contribution in [-0.4, -0.2) is 128 Å². The molecule has 3 saturated heterocycles. The number of ketones is 1. The first-order chi connectivity index (χ1) is 36.9. The van der Waals surface area contributed by atoms with Crippen molar-refractivity contribution in [2.24, 2.45) is 47.3 Å². The highest BCUT2D eigenvalue weighted by Gasteiger charge is 2.57. The molecule has 0 radical (unpaired) electrons. The van der Waals surface area contributed by atoms with Crippen molar-refractivity contribution < 1.29 is 63.1 Å². The number of fused-ring (bicyclic) bond motifs is 2. The van der Waals surface area contributed by atoms with E-state index < -0.39 is 108 Å². The molecular formula is C60H90FN5O12. The minimum Gasteiger partial charge on any atom is -0.456 e. The predicted octanol–water partition coefficient (Wildman–Crippen LogP) is 5.84. The molecule has 1 unspecified atom stereocenters. The highest BCUT2D eigenvalue weighted by atomic mass is 19.1. The van der Waals surface area contributed by atoms with Crippen LogP contribution in [0.5, 0.6) is 0 Å². The van der Waals surface area contributed by atoms with Crippen LogP contribution in [-0.2, 0) is 44.7 Å². The van der Waals surface area contributed by atoms with E-state index >= 15 is 0 Å². The summed E-state index contributed by atoms with van der Waals surface area (Å²) in [5, 5.41) is 55.6. The van der Waals surface area contributed by atoms with Crippen LogP contribution in [0, 0.1) is 53.2 Å². The Morgan fingerprint density at radius 3 is 2.37 bits per heavy atom. The molecule has 5 rings (SSSR count). The van der Waals surface area contributed by atoms with Gasteiger partial charge in [0.15, 0.2) is 0 Å². The lowest BCUT2D eigenvalue weighted by Gasteiger charge is -2.56. The molecule has 8 N–H and O–H groups in total. The van der Waals surface area contributed by atoms with Gasteiger partial charge in [-0.3, -0.25) is 29.0 Å². The molecule has 4 aliphatic rings. The van der Waals surface area contributed by atoms with Crippen LogP contribution in [0.25, 0.3) is 0 Å². The summed E-state index contributed by atoms with van der Waals surface area (Å²) in [5.41, 5.74) is 3.10. The third kappa shape index (κ3) is 16.7. The zero-order chi connectivity index (χ0) is 57.6. The Morgan fingerprint density at radius 2 is 1.69 bits per heavy atom. The zero-order valence-corrected chi connectivity index (χ0v) is 47.5. The number of cyclic esters (lactones) is 1. The topological polar surface area (TPSA) is 253 Å².